The number of nitrogens with one attached hydrogen (secondary N) is 2. The minimum absolute atomic E-state index is 0.0589. The van der Waals surface area contributed by atoms with Crippen LogP contribution in [0.25, 0.3) is 0 Å². The van der Waals surface area contributed by atoms with E-state index in [1.54, 1.807) is 30.2 Å². The number of hydrogen-bond donors (Lipinski definition) is 3. The third-order valence-electron chi connectivity index (χ3n) is 2.28. The van der Waals surface area contributed by atoms with Gasteiger partial charge in [0.2, 0.25) is 0 Å². The highest BCUT2D eigenvalue weighted by Gasteiger charge is 2.06. The molecule has 0 unspecified atom stereocenters. The number of hydrogen-bond acceptors (Lipinski definition) is 4. The van der Waals surface area contributed by atoms with Gasteiger partial charge in [-0.3, -0.25) is 4.68 Å². The van der Waals surface area contributed by atoms with Crippen molar-refractivity contribution in [3.63, 3.8) is 0 Å². The van der Waals surface area contributed by atoms with Gasteiger partial charge in [0.1, 0.15) is 13.6 Å². The van der Waals surface area contributed by atoms with Crippen molar-refractivity contribution in [2.75, 3.05) is 5.32 Å². The van der Waals surface area contributed by atoms with Gasteiger partial charge in [-0.1, -0.05) is 0 Å². The molecule has 2 rings (SSSR count). The summed E-state index contributed by atoms with van der Waals surface area (Å²) >= 11 is 0. The highest BCUT2D eigenvalue weighted by atomic mass is 16.3. The van der Waals surface area contributed by atoms with Crippen LogP contribution in [0.3, 0.4) is 0 Å². The molecular weight excluding hydrogens is 215 g/mol. The van der Waals surface area contributed by atoms with E-state index in [1.165, 1.54) is 12.1 Å². The van der Waals surface area contributed by atoms with Gasteiger partial charge in [0.25, 0.3) is 0 Å². The van der Waals surface area contributed by atoms with Gasteiger partial charge in [0.05, 0.1) is 17.6 Å². The van der Waals surface area contributed by atoms with Crippen molar-refractivity contribution in [2.45, 2.75) is 0 Å². The van der Waals surface area contributed by atoms with E-state index in [9.17, 15) is 5.11 Å². The zero-order valence-corrected chi connectivity index (χ0v) is 9.31. The summed E-state index contributed by atoms with van der Waals surface area (Å²) in [4.78, 5) is 0. The van der Waals surface area contributed by atoms with Gasteiger partial charge in [-0.2, -0.15) is 5.10 Å². The summed E-state index contributed by atoms with van der Waals surface area (Å²) in [5.41, 5.74) is 1.81. The van der Waals surface area contributed by atoms with Gasteiger partial charge in [0.15, 0.2) is 0 Å². The predicted molar refractivity (Wildman–Crippen MR) is 67.2 cm³/mol. The van der Waals surface area contributed by atoms with Gasteiger partial charge < -0.3 is 15.8 Å². The quantitative estimate of drug-likeness (QED) is 0.546. The number of aromatic nitrogens is 2. The first-order chi connectivity index (χ1) is 8.06. The Morgan fingerprint density at radius 2 is 2.29 bits per heavy atom. The van der Waals surface area contributed by atoms with Crippen molar-refractivity contribution in [1.82, 2.24) is 9.78 Å². The fourth-order valence-electron chi connectivity index (χ4n) is 1.51. The zero-order valence-electron chi connectivity index (χ0n) is 9.31. The van der Waals surface area contributed by atoms with Gasteiger partial charge in [-0.25, -0.2) is 0 Å². The molecule has 0 aliphatic carbocycles. The minimum atomic E-state index is -0.0589. The second kappa shape index (κ2) is 4.33. The second-order valence-electron chi connectivity index (χ2n) is 3.67. The van der Waals surface area contributed by atoms with Crippen LogP contribution in [0.2, 0.25) is 0 Å². The van der Waals surface area contributed by atoms with E-state index in [4.69, 9.17) is 13.3 Å². The molecule has 0 bridgehead atoms. The molecule has 0 fully saturated rings. The molecule has 0 spiro atoms. The lowest BCUT2D eigenvalue weighted by atomic mass is 9.92. The Balaban J connectivity index is 2.37. The van der Waals surface area contributed by atoms with Crippen molar-refractivity contribution >= 4 is 24.8 Å². The maximum Gasteiger partial charge on any atom is 0.141 e. The average Bonchev–Trinajstić information content (AvgIpc) is 2.63. The maximum atomic E-state index is 9.43. The molecule has 5 nitrogen and oxygen atoms in total. The van der Waals surface area contributed by atoms with E-state index in [2.05, 4.69) is 10.4 Å². The van der Waals surface area contributed by atoms with Gasteiger partial charge >= 0.3 is 0 Å². The number of aromatic hydroxyl groups is 1. The van der Waals surface area contributed by atoms with Crippen LogP contribution in [0.15, 0.2) is 30.6 Å². The number of benzene rings is 1. The topological polar surface area (TPSA) is 73.9 Å². The summed E-state index contributed by atoms with van der Waals surface area (Å²) in [5, 5.41) is 24.0. The smallest absolute Gasteiger partial charge is 0.141 e. The van der Waals surface area contributed by atoms with Crippen LogP contribution in [-0.2, 0) is 7.05 Å². The van der Waals surface area contributed by atoms with Crippen LogP contribution in [0, 0.1) is 5.41 Å². The molecule has 0 atom stereocenters. The lowest BCUT2D eigenvalue weighted by Gasteiger charge is -2.10. The SMILES string of the molecule is [B]C(=N)c1ccc(O)cc1Nc1cnn(C)c1. The third kappa shape index (κ3) is 2.47. The molecule has 17 heavy (non-hydrogen) atoms. The van der Waals surface area contributed by atoms with Crippen LogP contribution < -0.4 is 5.32 Å². The second-order valence-corrected chi connectivity index (χ2v) is 3.67. The molecule has 84 valence electrons. The number of phenolic OH excluding ortho intramolecular Hbond substituents is 1. The summed E-state index contributed by atoms with van der Waals surface area (Å²) < 4.78 is 1.65. The third-order valence-corrected chi connectivity index (χ3v) is 2.28. The Kier molecular flexibility index (Phi) is 2.87. The molecule has 6 heteroatoms. The van der Waals surface area contributed by atoms with E-state index in [0.717, 1.165) is 5.69 Å². The Hall–Kier alpha value is -2.24. The van der Waals surface area contributed by atoms with Crippen LogP contribution in [0.5, 0.6) is 5.75 Å². The number of nitrogens with zero attached hydrogens (tertiary/aromatic N) is 2. The van der Waals surface area contributed by atoms with Crippen LogP contribution >= 0.6 is 0 Å². The predicted octanol–water partition coefficient (Wildman–Crippen LogP) is 1.36. The Morgan fingerprint density at radius 3 is 2.88 bits per heavy atom. The van der Waals surface area contributed by atoms with Crippen LogP contribution in [-0.4, -0.2) is 28.3 Å². The minimum Gasteiger partial charge on any atom is -0.508 e. The highest BCUT2D eigenvalue weighted by Crippen LogP contribution is 2.24. The van der Waals surface area contributed by atoms with E-state index in [-0.39, 0.29) is 11.4 Å². The molecule has 1 heterocycles. The van der Waals surface area contributed by atoms with Crippen molar-refractivity contribution in [3.8, 4) is 5.75 Å². The van der Waals surface area contributed by atoms with Gasteiger partial charge in [-0.15, -0.1) is 0 Å². The molecule has 1 aromatic heterocycles. The molecule has 0 saturated carbocycles. The van der Waals surface area contributed by atoms with Crippen molar-refractivity contribution in [2.24, 2.45) is 7.05 Å². The van der Waals surface area contributed by atoms with E-state index in [0.29, 0.717) is 11.3 Å². The first kappa shape index (κ1) is 11.3. The molecule has 0 aliphatic heterocycles. The summed E-state index contributed by atoms with van der Waals surface area (Å²) in [5.74, 6) is 0.112. The van der Waals surface area contributed by atoms with Crippen molar-refractivity contribution in [3.05, 3.63) is 36.2 Å². The Bertz CT molecular complexity index is 564. The Labute approximate surface area is 100 Å². The summed E-state index contributed by atoms with van der Waals surface area (Å²) in [6.07, 6.45) is 3.43. The molecule has 3 N–H and O–H groups in total. The number of aryl methyl sites for hydroxylation is 1. The molecular formula is C11H11BN4O. The van der Waals surface area contributed by atoms with E-state index >= 15 is 0 Å². The van der Waals surface area contributed by atoms with Gasteiger partial charge in [0, 0.05) is 24.9 Å². The number of anilines is 2. The molecule has 2 aromatic rings. The fourth-order valence-corrected chi connectivity index (χ4v) is 1.51. The lowest BCUT2D eigenvalue weighted by molar-refractivity contribution is 0.475. The first-order valence-corrected chi connectivity index (χ1v) is 4.99. The number of phenols is 1. The van der Waals surface area contributed by atoms with Crippen LogP contribution in [0.1, 0.15) is 5.56 Å². The molecule has 0 amide bonds. The summed E-state index contributed by atoms with van der Waals surface area (Å²) in [6, 6.07) is 4.60. The van der Waals surface area contributed by atoms with Crippen molar-refractivity contribution < 1.29 is 5.11 Å². The maximum absolute atomic E-state index is 9.43. The summed E-state index contributed by atoms with van der Waals surface area (Å²) in [6.45, 7) is 0. The first-order valence-electron chi connectivity index (χ1n) is 4.99. The van der Waals surface area contributed by atoms with E-state index < -0.39 is 0 Å². The monoisotopic (exact) mass is 226 g/mol. The fraction of sp³-hybridized carbons (Fsp3) is 0.0909. The largest absolute Gasteiger partial charge is 0.508 e. The zero-order chi connectivity index (χ0) is 12.4. The standard InChI is InChI=1S/C11H11BN4O/c1-16-6-7(5-14-16)15-10-4-8(17)2-3-9(10)11(12)13/h2-6,13,15,17H,1H3. The number of rotatable bonds is 3. The van der Waals surface area contributed by atoms with E-state index in [1.807, 2.05) is 0 Å². The normalized spacial score (nSPS) is 10.2. The summed E-state index contributed by atoms with van der Waals surface area (Å²) in [7, 11) is 7.27. The van der Waals surface area contributed by atoms with Crippen molar-refractivity contribution in [1.29, 1.82) is 5.41 Å². The Morgan fingerprint density at radius 1 is 1.53 bits per heavy atom. The molecule has 2 radical (unpaired) electrons. The van der Waals surface area contributed by atoms with Gasteiger partial charge in [-0.05, 0) is 17.7 Å². The average molecular weight is 226 g/mol. The molecule has 0 aliphatic rings. The molecule has 0 saturated heterocycles. The highest BCUT2D eigenvalue weighted by molar-refractivity contribution is 6.64. The van der Waals surface area contributed by atoms with Crippen LogP contribution in [0.4, 0.5) is 11.4 Å². The molecule has 1 aromatic carbocycles. The lowest BCUT2D eigenvalue weighted by Crippen LogP contribution is -2.02.